The Balaban J connectivity index is 1.25. The second-order valence-corrected chi connectivity index (χ2v) is 12.9. The second kappa shape index (κ2) is 11.5. The third-order valence-corrected chi connectivity index (χ3v) is 10.1. The highest BCUT2D eigenvalue weighted by molar-refractivity contribution is 6.16. The average molecular weight is 637 g/mol. The molecule has 0 aliphatic carbocycles. The third kappa shape index (κ3) is 4.43. The number of para-hydroxylation sites is 4. The van der Waals surface area contributed by atoms with Crippen molar-refractivity contribution < 1.29 is 0 Å². The Morgan fingerprint density at radius 3 is 1.58 bits per heavy atom. The van der Waals surface area contributed by atoms with E-state index in [1.807, 2.05) is 0 Å². The normalized spacial score (nSPS) is 11.6. The summed E-state index contributed by atoms with van der Waals surface area (Å²) >= 11 is 0. The van der Waals surface area contributed by atoms with Crippen LogP contribution in [0.1, 0.15) is 0 Å². The zero-order valence-electron chi connectivity index (χ0n) is 27.4. The Labute approximate surface area is 290 Å². The first-order valence-corrected chi connectivity index (χ1v) is 17.2. The zero-order chi connectivity index (χ0) is 33.0. The minimum absolute atomic E-state index is 1.16. The Bertz CT molecular complexity index is 2840. The minimum atomic E-state index is 1.16. The molecule has 50 heavy (non-hydrogen) atoms. The lowest BCUT2D eigenvalue weighted by Crippen LogP contribution is -1.98. The monoisotopic (exact) mass is 636 g/mol. The molecule has 0 radical (unpaired) electrons. The zero-order valence-corrected chi connectivity index (χ0v) is 27.4. The molecule has 2 nitrogen and oxygen atoms in total. The van der Waals surface area contributed by atoms with Crippen LogP contribution in [0, 0.1) is 0 Å². The molecular weight excluding hydrogens is 605 g/mol. The maximum absolute atomic E-state index is 2.46. The van der Waals surface area contributed by atoms with Gasteiger partial charge < -0.3 is 9.13 Å². The van der Waals surface area contributed by atoms with Crippen LogP contribution in [0.3, 0.4) is 0 Å². The smallest absolute Gasteiger partial charge is 0.0619 e. The highest BCUT2D eigenvalue weighted by Gasteiger charge is 2.20. The second-order valence-electron chi connectivity index (χ2n) is 12.9. The van der Waals surface area contributed by atoms with Crippen molar-refractivity contribution in [3.8, 4) is 44.8 Å². The summed E-state index contributed by atoms with van der Waals surface area (Å²) in [7, 11) is 0. The van der Waals surface area contributed by atoms with Crippen molar-refractivity contribution in [1.29, 1.82) is 0 Å². The summed E-state index contributed by atoms with van der Waals surface area (Å²) in [6, 6.07) is 70.4. The summed E-state index contributed by atoms with van der Waals surface area (Å²) in [5, 5.41) is 5.00. The number of benzene rings is 8. The van der Waals surface area contributed by atoms with Crippen molar-refractivity contribution in [1.82, 2.24) is 9.13 Å². The van der Waals surface area contributed by atoms with Gasteiger partial charge in [-0.25, -0.2) is 0 Å². The fourth-order valence-corrected chi connectivity index (χ4v) is 7.89. The van der Waals surface area contributed by atoms with Crippen molar-refractivity contribution in [2.24, 2.45) is 0 Å². The lowest BCUT2D eigenvalue weighted by molar-refractivity contribution is 1.18. The molecule has 0 fully saturated rings. The summed E-state index contributed by atoms with van der Waals surface area (Å²) in [6.45, 7) is 0. The number of nitrogens with zero attached hydrogens (tertiary/aromatic N) is 2. The van der Waals surface area contributed by atoms with E-state index in [4.69, 9.17) is 0 Å². The van der Waals surface area contributed by atoms with Crippen LogP contribution in [0.25, 0.3) is 88.4 Å². The van der Waals surface area contributed by atoms with Gasteiger partial charge in [0.1, 0.15) is 0 Å². The predicted octanol–water partition coefficient (Wildman–Crippen LogP) is 12.9. The first kappa shape index (κ1) is 28.4. The lowest BCUT2D eigenvalue weighted by Gasteiger charge is -2.16. The number of hydrogen-bond acceptors (Lipinski definition) is 0. The molecule has 0 unspecified atom stereocenters. The molecule has 10 aromatic rings. The average Bonchev–Trinajstić information content (AvgIpc) is 3.71. The van der Waals surface area contributed by atoms with Crippen LogP contribution in [0.2, 0.25) is 0 Å². The van der Waals surface area contributed by atoms with Crippen molar-refractivity contribution in [3.63, 3.8) is 0 Å². The van der Waals surface area contributed by atoms with Crippen LogP contribution < -0.4 is 0 Å². The maximum Gasteiger partial charge on any atom is 0.0619 e. The van der Waals surface area contributed by atoms with Crippen molar-refractivity contribution in [2.45, 2.75) is 0 Å². The highest BCUT2D eigenvalue weighted by atomic mass is 15.0. The van der Waals surface area contributed by atoms with Gasteiger partial charge in [-0.05, 0) is 64.7 Å². The molecule has 0 spiro atoms. The molecule has 2 heteroatoms. The van der Waals surface area contributed by atoms with Gasteiger partial charge in [-0.2, -0.15) is 0 Å². The molecular formula is C48H32N2. The molecule has 0 N–H and O–H groups in total. The molecule has 0 atom stereocenters. The summed E-state index contributed by atoms with van der Waals surface area (Å²) in [6.07, 6.45) is 0. The van der Waals surface area contributed by atoms with Crippen LogP contribution in [-0.4, -0.2) is 9.13 Å². The fourth-order valence-electron chi connectivity index (χ4n) is 7.89. The van der Waals surface area contributed by atoms with Gasteiger partial charge in [0, 0.05) is 38.4 Å². The predicted molar refractivity (Wildman–Crippen MR) is 211 cm³/mol. The van der Waals surface area contributed by atoms with E-state index in [0.717, 1.165) is 5.69 Å². The summed E-state index contributed by atoms with van der Waals surface area (Å²) in [4.78, 5) is 0. The standard InChI is InChI=1S/C48H32N2/c1-4-15-33(16-5-1)35-27-29-38(34-17-6-2-7-18-34)47(32-35)50-45-26-13-11-22-41(45)43-31-36(28-30-46(43)50)39-23-14-24-42-40-21-10-12-25-44(40)49(48(39)42)37-19-8-3-9-20-37/h1-32H. The first-order chi connectivity index (χ1) is 24.8. The van der Waals surface area contributed by atoms with Gasteiger partial charge in [-0.3, -0.25) is 0 Å². The molecule has 0 aliphatic rings. The number of fused-ring (bicyclic) bond motifs is 6. The summed E-state index contributed by atoms with van der Waals surface area (Å²) in [5.41, 5.74) is 14.4. The molecule has 2 aromatic heterocycles. The van der Waals surface area contributed by atoms with Gasteiger partial charge in [0.15, 0.2) is 0 Å². The van der Waals surface area contributed by atoms with Gasteiger partial charge in [0.05, 0.1) is 27.8 Å². The lowest BCUT2D eigenvalue weighted by atomic mass is 9.97. The Hall–Kier alpha value is -6.64. The molecule has 234 valence electrons. The van der Waals surface area contributed by atoms with Crippen LogP contribution in [-0.2, 0) is 0 Å². The van der Waals surface area contributed by atoms with Crippen molar-refractivity contribution >= 4 is 43.6 Å². The fraction of sp³-hybridized carbons (Fsp3) is 0. The van der Waals surface area contributed by atoms with Gasteiger partial charge in [-0.1, -0.05) is 152 Å². The van der Waals surface area contributed by atoms with Crippen LogP contribution in [0.4, 0.5) is 0 Å². The maximum atomic E-state index is 2.46. The minimum Gasteiger partial charge on any atom is -0.309 e. The third-order valence-electron chi connectivity index (χ3n) is 10.1. The molecule has 8 aromatic carbocycles. The Morgan fingerprint density at radius 1 is 0.280 bits per heavy atom. The Morgan fingerprint density at radius 2 is 0.840 bits per heavy atom. The van der Waals surface area contributed by atoms with E-state index < -0.39 is 0 Å². The molecule has 2 heterocycles. The van der Waals surface area contributed by atoms with E-state index in [1.165, 1.54) is 82.7 Å². The van der Waals surface area contributed by atoms with E-state index in [9.17, 15) is 0 Å². The van der Waals surface area contributed by atoms with Crippen molar-refractivity contribution in [3.05, 3.63) is 194 Å². The van der Waals surface area contributed by atoms with Crippen molar-refractivity contribution in [2.75, 3.05) is 0 Å². The van der Waals surface area contributed by atoms with Gasteiger partial charge in [0.25, 0.3) is 0 Å². The van der Waals surface area contributed by atoms with Crippen LogP contribution in [0.5, 0.6) is 0 Å². The van der Waals surface area contributed by atoms with Crippen LogP contribution >= 0.6 is 0 Å². The molecule has 0 saturated carbocycles. The largest absolute Gasteiger partial charge is 0.309 e. The van der Waals surface area contributed by atoms with Gasteiger partial charge in [-0.15, -0.1) is 0 Å². The summed E-state index contributed by atoms with van der Waals surface area (Å²) in [5.74, 6) is 0. The van der Waals surface area contributed by atoms with Gasteiger partial charge in [0.2, 0.25) is 0 Å². The molecule has 0 amide bonds. The van der Waals surface area contributed by atoms with E-state index in [2.05, 4.69) is 203 Å². The Kier molecular flexibility index (Phi) is 6.53. The molecule has 10 rings (SSSR count). The van der Waals surface area contributed by atoms with Crippen LogP contribution in [0.15, 0.2) is 194 Å². The SMILES string of the molecule is c1ccc(-c2ccc(-c3ccccc3)c(-n3c4ccccc4c4cc(-c5cccc6c7ccccc7n(-c7ccccc7)c56)ccc43)c2)cc1. The molecule has 0 aliphatic heterocycles. The number of hydrogen-bond donors (Lipinski definition) is 0. The molecule has 0 bridgehead atoms. The van der Waals surface area contributed by atoms with Gasteiger partial charge >= 0.3 is 0 Å². The number of rotatable bonds is 5. The number of aromatic nitrogens is 2. The topological polar surface area (TPSA) is 9.86 Å². The quantitative estimate of drug-likeness (QED) is 0.178. The summed E-state index contributed by atoms with van der Waals surface area (Å²) < 4.78 is 4.89. The van der Waals surface area contributed by atoms with E-state index >= 15 is 0 Å². The molecule has 0 saturated heterocycles. The van der Waals surface area contributed by atoms with E-state index in [0.29, 0.717) is 0 Å². The first-order valence-electron chi connectivity index (χ1n) is 17.2. The highest BCUT2D eigenvalue weighted by Crippen LogP contribution is 2.42. The van der Waals surface area contributed by atoms with E-state index in [-0.39, 0.29) is 0 Å². The van der Waals surface area contributed by atoms with E-state index in [1.54, 1.807) is 0 Å².